The van der Waals surface area contributed by atoms with Gasteiger partial charge in [0.05, 0.1) is 5.69 Å². The van der Waals surface area contributed by atoms with Gasteiger partial charge >= 0.3 is 0 Å². The molecule has 0 N–H and O–H groups in total. The van der Waals surface area contributed by atoms with Gasteiger partial charge in [0, 0.05) is 16.9 Å². The predicted molar refractivity (Wildman–Crippen MR) is 202 cm³/mol. The summed E-state index contributed by atoms with van der Waals surface area (Å²) in [6, 6.07) is 48.2. The summed E-state index contributed by atoms with van der Waals surface area (Å²) in [4.78, 5) is 2.50. The number of hydrogen-bond donors (Lipinski definition) is 0. The summed E-state index contributed by atoms with van der Waals surface area (Å²) in [6.07, 6.45) is 2.43. The second kappa shape index (κ2) is 10.3. The van der Waals surface area contributed by atoms with Gasteiger partial charge in [0.1, 0.15) is 8.07 Å². The van der Waals surface area contributed by atoms with Gasteiger partial charge in [-0.1, -0.05) is 138 Å². The van der Waals surface area contributed by atoms with Crippen LogP contribution in [0, 0.1) is 0 Å². The van der Waals surface area contributed by atoms with E-state index in [2.05, 4.69) is 173 Å². The first-order valence-electron chi connectivity index (χ1n) is 16.8. The second-order valence-electron chi connectivity index (χ2n) is 15.3. The minimum Gasteiger partial charge on any atom is -0.310 e. The number of anilines is 3. The van der Waals surface area contributed by atoms with Crippen molar-refractivity contribution in [1.82, 2.24) is 0 Å². The lowest BCUT2D eigenvalue weighted by Gasteiger charge is -2.42. The van der Waals surface area contributed by atoms with Crippen molar-refractivity contribution in [3.05, 3.63) is 139 Å². The second-order valence-corrected chi connectivity index (χ2v) is 19.6. The first-order valence-corrected chi connectivity index (χ1v) is 19.8. The highest BCUT2D eigenvalue weighted by atomic mass is 28.3. The fraction of sp³-hybridized carbons (Fsp3) is 0.227. The minimum absolute atomic E-state index is 0.152. The molecule has 0 bridgehead atoms. The Hall–Kier alpha value is -4.40. The van der Waals surface area contributed by atoms with Crippen molar-refractivity contribution in [2.24, 2.45) is 0 Å². The molecule has 228 valence electrons. The Morgan fingerprint density at radius 1 is 0.500 bits per heavy atom. The lowest BCUT2D eigenvalue weighted by molar-refractivity contribution is 0.332. The van der Waals surface area contributed by atoms with Crippen molar-refractivity contribution in [1.29, 1.82) is 0 Å². The summed E-state index contributed by atoms with van der Waals surface area (Å²) in [6.45, 7) is 14.7. The van der Waals surface area contributed by atoms with E-state index in [0.717, 1.165) is 0 Å². The van der Waals surface area contributed by atoms with E-state index in [1.54, 1.807) is 5.19 Å². The quantitative estimate of drug-likeness (QED) is 0.179. The van der Waals surface area contributed by atoms with E-state index < -0.39 is 8.07 Å². The summed E-state index contributed by atoms with van der Waals surface area (Å²) >= 11 is 0. The van der Waals surface area contributed by atoms with Crippen LogP contribution in [0.25, 0.3) is 33.0 Å². The first kappa shape index (κ1) is 29.0. The van der Waals surface area contributed by atoms with Gasteiger partial charge < -0.3 is 4.90 Å². The average molecular weight is 614 g/mol. The zero-order valence-corrected chi connectivity index (χ0v) is 29.0. The molecule has 1 aliphatic carbocycles. The standard InChI is InChI=1S/C44H43NSi/c1-43(2)25-26-44(3,4)39-28-32(20-24-38(39)43)35-15-9-11-17-40(35)45(33-21-19-30-13-7-8-14-31(30)27-33)34-22-23-37-36-16-10-12-18-41(36)46(5,6)42(37)29-34/h7-24,27-29H,25-26H2,1-6H3. The van der Waals surface area contributed by atoms with Crippen molar-refractivity contribution in [2.75, 3.05) is 4.90 Å². The maximum absolute atomic E-state index is 2.51. The minimum atomic E-state index is -1.85. The molecule has 0 spiro atoms. The lowest BCUT2D eigenvalue weighted by Crippen LogP contribution is -2.49. The molecule has 6 aromatic carbocycles. The molecule has 2 heteroatoms. The number of hydrogen-bond acceptors (Lipinski definition) is 1. The molecule has 46 heavy (non-hydrogen) atoms. The fourth-order valence-corrected chi connectivity index (χ4v) is 11.3. The highest BCUT2D eigenvalue weighted by Gasteiger charge is 2.39. The number of rotatable bonds is 4. The highest BCUT2D eigenvalue weighted by Crippen LogP contribution is 2.48. The summed E-state index contributed by atoms with van der Waals surface area (Å²) in [5.41, 5.74) is 12.3. The van der Waals surface area contributed by atoms with Gasteiger partial charge in [-0.3, -0.25) is 0 Å². The van der Waals surface area contributed by atoms with E-state index in [9.17, 15) is 0 Å². The van der Waals surface area contributed by atoms with Crippen LogP contribution in [0.4, 0.5) is 17.1 Å². The molecule has 8 rings (SSSR count). The molecule has 0 amide bonds. The average Bonchev–Trinajstić information content (AvgIpc) is 3.29. The van der Waals surface area contributed by atoms with Crippen LogP contribution in [-0.2, 0) is 10.8 Å². The van der Waals surface area contributed by atoms with Crippen molar-refractivity contribution >= 4 is 46.3 Å². The largest absolute Gasteiger partial charge is 0.310 e. The normalized spacial score (nSPS) is 16.8. The molecule has 0 atom stereocenters. The third-order valence-electron chi connectivity index (χ3n) is 11.1. The first-order chi connectivity index (χ1) is 22.0. The third-order valence-corrected chi connectivity index (χ3v) is 14.7. The summed E-state index contributed by atoms with van der Waals surface area (Å²) < 4.78 is 0. The van der Waals surface area contributed by atoms with E-state index in [4.69, 9.17) is 0 Å². The number of para-hydroxylation sites is 1. The van der Waals surface area contributed by atoms with Gasteiger partial charge in [0.2, 0.25) is 0 Å². The van der Waals surface area contributed by atoms with Crippen molar-refractivity contribution < 1.29 is 0 Å². The van der Waals surface area contributed by atoms with Crippen LogP contribution in [0.3, 0.4) is 0 Å². The van der Waals surface area contributed by atoms with Crippen LogP contribution < -0.4 is 15.3 Å². The zero-order valence-electron chi connectivity index (χ0n) is 28.0. The molecular formula is C44H43NSi. The van der Waals surface area contributed by atoms with Crippen LogP contribution >= 0.6 is 0 Å². The van der Waals surface area contributed by atoms with Crippen LogP contribution in [-0.4, -0.2) is 8.07 Å². The van der Waals surface area contributed by atoms with Gasteiger partial charge in [-0.25, -0.2) is 0 Å². The van der Waals surface area contributed by atoms with Crippen LogP contribution in [0.1, 0.15) is 51.7 Å². The molecule has 0 saturated heterocycles. The van der Waals surface area contributed by atoms with Gasteiger partial charge in [0.25, 0.3) is 0 Å². The summed E-state index contributed by atoms with van der Waals surface area (Å²) in [5.74, 6) is 0. The molecule has 1 nitrogen and oxygen atoms in total. The van der Waals surface area contributed by atoms with E-state index in [1.807, 2.05) is 0 Å². The molecule has 6 aromatic rings. The van der Waals surface area contributed by atoms with Crippen LogP contribution in [0.2, 0.25) is 13.1 Å². The van der Waals surface area contributed by atoms with E-state index in [1.165, 1.54) is 79.2 Å². The molecular weight excluding hydrogens is 571 g/mol. The van der Waals surface area contributed by atoms with Gasteiger partial charge in [-0.05, 0) is 103 Å². The zero-order chi connectivity index (χ0) is 31.8. The number of benzene rings is 6. The molecule has 0 aromatic heterocycles. The SMILES string of the molecule is CC1(C)CCC(C)(C)c2cc(-c3ccccc3N(c3ccc4c(c3)[Si](C)(C)c3ccccc3-4)c3ccc4ccccc4c3)ccc21. The smallest absolute Gasteiger partial charge is 0.113 e. The summed E-state index contributed by atoms with van der Waals surface area (Å²) in [7, 11) is -1.85. The topological polar surface area (TPSA) is 3.24 Å². The monoisotopic (exact) mass is 613 g/mol. The number of nitrogens with zero attached hydrogens (tertiary/aromatic N) is 1. The van der Waals surface area contributed by atoms with Crippen LogP contribution in [0.5, 0.6) is 0 Å². The highest BCUT2D eigenvalue weighted by molar-refractivity contribution is 7.03. The Balaban J connectivity index is 1.35. The molecule has 0 unspecified atom stereocenters. The molecule has 0 fully saturated rings. The van der Waals surface area contributed by atoms with Crippen molar-refractivity contribution in [3.8, 4) is 22.3 Å². The summed E-state index contributed by atoms with van der Waals surface area (Å²) in [5, 5.41) is 5.58. The predicted octanol–water partition coefficient (Wildman–Crippen LogP) is 11.1. The molecule has 1 aliphatic heterocycles. The number of fused-ring (bicyclic) bond motifs is 5. The lowest BCUT2D eigenvalue weighted by atomic mass is 9.63. The van der Waals surface area contributed by atoms with Gasteiger partial charge in [0.15, 0.2) is 0 Å². The molecule has 1 heterocycles. The third kappa shape index (κ3) is 4.49. The van der Waals surface area contributed by atoms with Crippen molar-refractivity contribution in [3.63, 3.8) is 0 Å². The maximum Gasteiger partial charge on any atom is 0.113 e. The molecule has 0 radical (unpaired) electrons. The van der Waals surface area contributed by atoms with Crippen molar-refractivity contribution in [2.45, 2.75) is 64.5 Å². The maximum atomic E-state index is 2.51. The van der Waals surface area contributed by atoms with E-state index >= 15 is 0 Å². The van der Waals surface area contributed by atoms with Crippen LogP contribution in [0.15, 0.2) is 127 Å². The Morgan fingerprint density at radius 3 is 1.91 bits per heavy atom. The van der Waals surface area contributed by atoms with Gasteiger partial charge in [-0.15, -0.1) is 0 Å². The van der Waals surface area contributed by atoms with E-state index in [0.29, 0.717) is 0 Å². The Labute approximate surface area is 275 Å². The molecule has 0 saturated carbocycles. The fourth-order valence-electron chi connectivity index (χ4n) is 8.24. The Morgan fingerprint density at radius 2 is 1.11 bits per heavy atom. The van der Waals surface area contributed by atoms with Gasteiger partial charge in [-0.2, -0.15) is 0 Å². The Bertz CT molecular complexity index is 2150. The Kier molecular flexibility index (Phi) is 6.50. The molecule has 2 aliphatic rings. The van der Waals surface area contributed by atoms with E-state index in [-0.39, 0.29) is 10.8 Å².